The van der Waals surface area contributed by atoms with E-state index >= 15 is 0 Å². The van der Waals surface area contributed by atoms with Gasteiger partial charge in [0.15, 0.2) is 6.04 Å². The summed E-state index contributed by atoms with van der Waals surface area (Å²) in [5.74, 6) is -0.393. The number of carbonyl (C=O) groups excluding carboxylic acids is 3. The van der Waals surface area contributed by atoms with Gasteiger partial charge in [0.2, 0.25) is 11.8 Å². The third-order valence-corrected chi connectivity index (χ3v) is 7.44. The first kappa shape index (κ1) is 26.0. The number of hydrogen-bond acceptors (Lipinski definition) is 4. The number of piperazine rings is 1. The summed E-state index contributed by atoms with van der Waals surface area (Å²) in [5, 5.41) is 6.94. The molecule has 7 nitrogen and oxygen atoms in total. The Morgan fingerprint density at radius 3 is 2.29 bits per heavy atom. The molecular formula is C31H37N3O4. The van der Waals surface area contributed by atoms with E-state index in [0.717, 1.165) is 5.39 Å². The highest BCUT2D eigenvalue weighted by molar-refractivity contribution is 6.00. The van der Waals surface area contributed by atoms with Crippen LogP contribution in [-0.4, -0.2) is 40.2 Å². The summed E-state index contributed by atoms with van der Waals surface area (Å²) < 4.78 is 6.18. The van der Waals surface area contributed by atoms with Gasteiger partial charge in [-0.25, -0.2) is 0 Å². The Morgan fingerprint density at radius 2 is 1.68 bits per heavy atom. The lowest BCUT2D eigenvalue weighted by atomic mass is 9.88. The van der Waals surface area contributed by atoms with E-state index in [-0.39, 0.29) is 29.6 Å². The van der Waals surface area contributed by atoms with Crippen molar-refractivity contribution >= 4 is 28.7 Å². The van der Waals surface area contributed by atoms with Crippen molar-refractivity contribution in [1.29, 1.82) is 0 Å². The maximum atomic E-state index is 14.4. The molecule has 0 saturated carbocycles. The topological polar surface area (TPSA) is 91.7 Å². The Morgan fingerprint density at radius 1 is 1.05 bits per heavy atom. The van der Waals surface area contributed by atoms with Gasteiger partial charge in [-0.2, -0.15) is 0 Å². The summed E-state index contributed by atoms with van der Waals surface area (Å²) in [4.78, 5) is 43.5. The second-order valence-corrected chi connectivity index (χ2v) is 12.1. The van der Waals surface area contributed by atoms with Crippen LogP contribution in [0.5, 0.6) is 0 Å². The first-order chi connectivity index (χ1) is 18.0. The number of para-hydroxylation sites is 1. The minimum atomic E-state index is -1.07. The molecule has 3 aromatic rings. The summed E-state index contributed by atoms with van der Waals surface area (Å²) >= 11 is 0. The number of furan rings is 1. The zero-order valence-corrected chi connectivity index (χ0v) is 22.8. The molecule has 1 unspecified atom stereocenters. The average molecular weight is 516 g/mol. The van der Waals surface area contributed by atoms with Crippen LogP contribution in [0.2, 0.25) is 0 Å². The van der Waals surface area contributed by atoms with E-state index in [1.54, 1.807) is 0 Å². The van der Waals surface area contributed by atoms with Gasteiger partial charge in [0, 0.05) is 10.9 Å². The lowest BCUT2D eigenvalue weighted by molar-refractivity contribution is -0.158. The van der Waals surface area contributed by atoms with Crippen LogP contribution in [0.25, 0.3) is 11.0 Å². The van der Waals surface area contributed by atoms with Crippen molar-refractivity contribution in [3.05, 3.63) is 71.5 Å². The van der Waals surface area contributed by atoms with Crippen molar-refractivity contribution in [2.75, 3.05) is 0 Å². The molecule has 0 radical (unpaired) electrons. The first-order valence-corrected chi connectivity index (χ1v) is 13.5. The summed E-state index contributed by atoms with van der Waals surface area (Å²) in [5.41, 5.74) is 2.50. The highest BCUT2D eigenvalue weighted by Crippen LogP contribution is 2.37. The standard InChI is InChI=1S/C31H37N3O4/c1-18(2)14-23-28(35)32-26(22-15-19-10-6-7-11-20(19)16-22)30(37)34(23)27(29(36)33-31(3,4)5)25-17-21-12-8-9-13-24(21)38-25/h6-13,17-18,22-23,26-27H,14-16H2,1-5H3,(H,32,35)(H,33,36)/t23-,26?,27-/m1/s1. The fourth-order valence-electron chi connectivity index (χ4n) is 5.84. The van der Waals surface area contributed by atoms with E-state index < -0.39 is 23.7 Å². The van der Waals surface area contributed by atoms with E-state index in [1.165, 1.54) is 16.0 Å². The second kappa shape index (κ2) is 9.93. The van der Waals surface area contributed by atoms with Gasteiger partial charge in [-0.3, -0.25) is 14.4 Å². The third-order valence-electron chi connectivity index (χ3n) is 7.44. The fraction of sp³-hybridized carbons (Fsp3) is 0.452. The molecule has 1 aliphatic carbocycles. The van der Waals surface area contributed by atoms with Gasteiger partial charge in [-0.1, -0.05) is 56.3 Å². The summed E-state index contributed by atoms with van der Waals surface area (Å²) in [6.07, 6.45) is 1.85. The number of rotatable bonds is 6. The van der Waals surface area contributed by atoms with Crippen LogP contribution in [0.3, 0.4) is 0 Å². The van der Waals surface area contributed by atoms with Gasteiger partial charge >= 0.3 is 0 Å². The van der Waals surface area contributed by atoms with Gasteiger partial charge in [-0.15, -0.1) is 0 Å². The van der Waals surface area contributed by atoms with Crippen molar-refractivity contribution in [1.82, 2.24) is 15.5 Å². The summed E-state index contributed by atoms with van der Waals surface area (Å²) in [6, 6.07) is 14.9. The smallest absolute Gasteiger partial charge is 0.251 e. The lowest BCUT2D eigenvalue weighted by Gasteiger charge is -2.44. The van der Waals surface area contributed by atoms with Crippen molar-refractivity contribution in [3.8, 4) is 0 Å². The zero-order valence-electron chi connectivity index (χ0n) is 22.8. The Bertz CT molecular complexity index is 1310. The Hall–Kier alpha value is -3.61. The van der Waals surface area contributed by atoms with Gasteiger partial charge in [0.1, 0.15) is 23.4 Å². The molecule has 0 spiro atoms. The van der Waals surface area contributed by atoms with Crippen LogP contribution >= 0.6 is 0 Å². The maximum Gasteiger partial charge on any atom is 0.251 e. The van der Waals surface area contributed by atoms with Crippen molar-refractivity contribution in [3.63, 3.8) is 0 Å². The molecule has 1 aliphatic heterocycles. The zero-order chi connectivity index (χ0) is 27.2. The van der Waals surface area contributed by atoms with E-state index in [4.69, 9.17) is 4.42 Å². The minimum Gasteiger partial charge on any atom is -0.458 e. The van der Waals surface area contributed by atoms with Crippen LogP contribution in [0.15, 0.2) is 59.0 Å². The molecule has 5 rings (SSSR count). The Labute approximate surface area is 224 Å². The number of hydrogen-bond donors (Lipinski definition) is 2. The molecular weight excluding hydrogens is 478 g/mol. The molecule has 2 heterocycles. The second-order valence-electron chi connectivity index (χ2n) is 12.1. The van der Waals surface area contributed by atoms with Gasteiger partial charge in [0.25, 0.3) is 5.91 Å². The number of fused-ring (bicyclic) bond motifs is 2. The van der Waals surface area contributed by atoms with Crippen LogP contribution in [0.4, 0.5) is 0 Å². The minimum absolute atomic E-state index is 0.0756. The monoisotopic (exact) mass is 515 g/mol. The average Bonchev–Trinajstić information content (AvgIpc) is 3.45. The molecule has 2 aromatic carbocycles. The Balaban J connectivity index is 1.58. The number of nitrogens with zero attached hydrogens (tertiary/aromatic N) is 1. The normalized spacial score (nSPS) is 21.1. The van der Waals surface area contributed by atoms with Crippen molar-refractivity contribution < 1.29 is 18.8 Å². The molecule has 1 fully saturated rings. The summed E-state index contributed by atoms with van der Waals surface area (Å²) in [7, 11) is 0. The molecule has 2 aliphatic rings. The van der Waals surface area contributed by atoms with Crippen LogP contribution in [-0.2, 0) is 27.2 Å². The molecule has 3 atom stereocenters. The molecule has 1 aromatic heterocycles. The van der Waals surface area contributed by atoms with E-state index in [0.29, 0.717) is 30.6 Å². The van der Waals surface area contributed by atoms with E-state index in [9.17, 15) is 14.4 Å². The van der Waals surface area contributed by atoms with Crippen LogP contribution in [0.1, 0.15) is 64.0 Å². The highest BCUT2D eigenvalue weighted by Gasteiger charge is 2.50. The van der Waals surface area contributed by atoms with Gasteiger partial charge in [-0.05, 0) is 75.1 Å². The number of benzene rings is 2. The van der Waals surface area contributed by atoms with Crippen molar-refractivity contribution in [2.45, 2.75) is 77.5 Å². The third kappa shape index (κ3) is 5.06. The highest BCUT2D eigenvalue weighted by atomic mass is 16.3. The van der Waals surface area contributed by atoms with Crippen LogP contribution in [0, 0.1) is 11.8 Å². The number of amides is 3. The van der Waals surface area contributed by atoms with Gasteiger partial charge < -0.3 is 20.0 Å². The molecule has 200 valence electrons. The summed E-state index contributed by atoms with van der Waals surface area (Å²) in [6.45, 7) is 9.72. The molecule has 38 heavy (non-hydrogen) atoms. The predicted octanol–water partition coefficient (Wildman–Crippen LogP) is 4.55. The lowest BCUT2D eigenvalue weighted by Crippen LogP contribution is -2.67. The molecule has 7 heteroatoms. The number of carbonyl (C=O) groups is 3. The quantitative estimate of drug-likeness (QED) is 0.504. The Kier molecular flexibility index (Phi) is 6.80. The van der Waals surface area contributed by atoms with Crippen LogP contribution < -0.4 is 10.6 Å². The predicted molar refractivity (Wildman–Crippen MR) is 146 cm³/mol. The maximum absolute atomic E-state index is 14.4. The van der Waals surface area contributed by atoms with Gasteiger partial charge in [0.05, 0.1) is 0 Å². The van der Waals surface area contributed by atoms with E-state index in [2.05, 4.69) is 22.8 Å². The fourth-order valence-corrected chi connectivity index (χ4v) is 5.84. The molecule has 1 saturated heterocycles. The van der Waals surface area contributed by atoms with E-state index in [1.807, 2.05) is 77.1 Å². The number of nitrogens with one attached hydrogen (secondary N) is 2. The molecule has 0 bridgehead atoms. The first-order valence-electron chi connectivity index (χ1n) is 13.5. The van der Waals surface area contributed by atoms with Crippen molar-refractivity contribution in [2.24, 2.45) is 11.8 Å². The molecule has 3 amide bonds. The SMILES string of the molecule is CC(C)C[C@@H]1C(=O)NC(C2Cc3ccccc3C2)C(=O)N1[C@@H](C(=O)NC(C)(C)C)c1cc2ccccc2o1. The largest absolute Gasteiger partial charge is 0.458 e. The molecule has 2 N–H and O–H groups in total.